The summed E-state index contributed by atoms with van der Waals surface area (Å²) in [6.07, 6.45) is -4.88. The highest BCUT2D eigenvalue weighted by Gasteiger charge is 2.35. The molecule has 7 heteroatoms. The molecule has 0 aliphatic carbocycles. The van der Waals surface area contributed by atoms with Crippen LogP contribution in [0.5, 0.6) is 0 Å². The summed E-state index contributed by atoms with van der Waals surface area (Å²) in [6, 6.07) is 4.03. The lowest BCUT2D eigenvalue weighted by Gasteiger charge is -2.03. The third-order valence-electron chi connectivity index (χ3n) is 2.25. The van der Waals surface area contributed by atoms with Crippen molar-refractivity contribution in [1.29, 1.82) is 0 Å². The van der Waals surface area contributed by atoms with Gasteiger partial charge in [0.25, 0.3) is 0 Å². The van der Waals surface area contributed by atoms with E-state index in [1.807, 2.05) is 0 Å². The normalized spacial score (nSPS) is 11.9. The summed E-state index contributed by atoms with van der Waals surface area (Å²) in [7, 11) is 0. The van der Waals surface area contributed by atoms with Crippen LogP contribution in [0, 0.1) is 0 Å². The molecular weight excluding hydrogens is 237 g/mol. The van der Waals surface area contributed by atoms with Gasteiger partial charge in [0.1, 0.15) is 0 Å². The Morgan fingerprint density at radius 3 is 2.71 bits per heavy atom. The highest BCUT2D eigenvalue weighted by atomic mass is 19.4. The van der Waals surface area contributed by atoms with Gasteiger partial charge in [-0.1, -0.05) is 6.07 Å². The molecular formula is C10H7F3N2O2. The van der Waals surface area contributed by atoms with Crippen LogP contribution in [0.1, 0.15) is 11.3 Å². The van der Waals surface area contributed by atoms with Gasteiger partial charge in [-0.15, -0.1) is 0 Å². The SMILES string of the molecule is O=C(O)Cc1ccc2[nH]nc(C(F)(F)F)c2c1. The second-order valence-electron chi connectivity index (χ2n) is 3.52. The van der Waals surface area contributed by atoms with Crippen LogP contribution in [-0.4, -0.2) is 21.3 Å². The van der Waals surface area contributed by atoms with E-state index in [1.165, 1.54) is 18.2 Å². The maximum Gasteiger partial charge on any atom is 0.435 e. The van der Waals surface area contributed by atoms with Crippen molar-refractivity contribution >= 4 is 16.9 Å². The molecule has 0 saturated carbocycles. The number of carboxylic acids is 1. The van der Waals surface area contributed by atoms with Crippen molar-refractivity contribution in [2.45, 2.75) is 12.6 Å². The maximum atomic E-state index is 12.5. The highest BCUT2D eigenvalue weighted by Crippen LogP contribution is 2.33. The summed E-state index contributed by atoms with van der Waals surface area (Å²) in [5.41, 5.74) is -0.497. The van der Waals surface area contributed by atoms with Gasteiger partial charge in [-0.3, -0.25) is 9.89 Å². The van der Waals surface area contributed by atoms with Gasteiger partial charge in [0.2, 0.25) is 0 Å². The lowest BCUT2D eigenvalue weighted by Crippen LogP contribution is -2.06. The molecule has 1 aromatic heterocycles. The van der Waals surface area contributed by atoms with Crippen LogP contribution in [0.2, 0.25) is 0 Å². The fourth-order valence-corrected chi connectivity index (χ4v) is 1.56. The first-order valence-corrected chi connectivity index (χ1v) is 4.64. The average Bonchev–Trinajstić information content (AvgIpc) is 2.58. The number of hydrogen-bond donors (Lipinski definition) is 2. The van der Waals surface area contributed by atoms with E-state index in [0.717, 1.165) is 0 Å². The predicted octanol–water partition coefficient (Wildman–Crippen LogP) is 2.21. The van der Waals surface area contributed by atoms with Gasteiger partial charge < -0.3 is 5.11 Å². The summed E-state index contributed by atoms with van der Waals surface area (Å²) in [4.78, 5) is 10.5. The molecule has 4 nitrogen and oxygen atoms in total. The monoisotopic (exact) mass is 244 g/mol. The standard InChI is InChI=1S/C10H7F3N2O2/c11-10(12,13)9-6-3-5(4-8(16)17)1-2-7(6)14-15-9/h1-3H,4H2,(H,14,15)(H,16,17). The molecule has 0 unspecified atom stereocenters. The topological polar surface area (TPSA) is 66.0 Å². The number of rotatable bonds is 2. The quantitative estimate of drug-likeness (QED) is 0.851. The Morgan fingerprint density at radius 2 is 2.12 bits per heavy atom. The number of H-pyrrole nitrogens is 1. The van der Waals surface area contributed by atoms with E-state index in [2.05, 4.69) is 10.2 Å². The number of hydrogen-bond acceptors (Lipinski definition) is 2. The molecule has 0 aliphatic rings. The lowest BCUT2D eigenvalue weighted by atomic mass is 10.1. The van der Waals surface area contributed by atoms with E-state index in [9.17, 15) is 18.0 Å². The van der Waals surface area contributed by atoms with E-state index in [0.29, 0.717) is 5.56 Å². The van der Waals surface area contributed by atoms with E-state index in [-0.39, 0.29) is 17.3 Å². The zero-order valence-corrected chi connectivity index (χ0v) is 8.38. The van der Waals surface area contributed by atoms with Gasteiger partial charge in [0.15, 0.2) is 5.69 Å². The van der Waals surface area contributed by atoms with Crippen molar-refractivity contribution in [3.63, 3.8) is 0 Å². The van der Waals surface area contributed by atoms with E-state index >= 15 is 0 Å². The minimum Gasteiger partial charge on any atom is -0.481 e. The molecule has 0 bridgehead atoms. The van der Waals surface area contributed by atoms with E-state index < -0.39 is 17.8 Å². The molecule has 0 fully saturated rings. The van der Waals surface area contributed by atoms with Crippen LogP contribution < -0.4 is 0 Å². The Balaban J connectivity index is 2.54. The smallest absolute Gasteiger partial charge is 0.435 e. The minimum absolute atomic E-state index is 0.115. The van der Waals surface area contributed by atoms with Crippen LogP contribution in [0.15, 0.2) is 18.2 Å². The number of carbonyl (C=O) groups is 1. The Bertz CT molecular complexity index is 574. The first kappa shape index (κ1) is 11.4. The van der Waals surface area contributed by atoms with Gasteiger partial charge in [0, 0.05) is 5.39 Å². The average molecular weight is 244 g/mol. The number of nitrogens with zero attached hydrogens (tertiary/aromatic N) is 1. The molecule has 0 atom stereocenters. The van der Waals surface area contributed by atoms with E-state index in [1.54, 1.807) is 0 Å². The summed E-state index contributed by atoms with van der Waals surface area (Å²) in [5, 5.41) is 13.9. The number of benzene rings is 1. The maximum absolute atomic E-state index is 12.5. The summed E-state index contributed by atoms with van der Waals surface area (Å²) in [5.74, 6) is -1.10. The second-order valence-corrected chi connectivity index (χ2v) is 3.52. The number of aromatic nitrogens is 2. The van der Waals surface area contributed by atoms with Gasteiger partial charge in [-0.2, -0.15) is 18.3 Å². The highest BCUT2D eigenvalue weighted by molar-refractivity contribution is 5.83. The van der Waals surface area contributed by atoms with Crippen molar-refractivity contribution in [2.75, 3.05) is 0 Å². The van der Waals surface area contributed by atoms with Gasteiger partial charge in [-0.05, 0) is 17.7 Å². The molecule has 17 heavy (non-hydrogen) atoms. The number of aliphatic carboxylic acids is 1. The minimum atomic E-state index is -4.56. The van der Waals surface area contributed by atoms with Crippen molar-refractivity contribution in [3.05, 3.63) is 29.5 Å². The zero-order chi connectivity index (χ0) is 12.6. The molecule has 1 aromatic carbocycles. The number of carboxylic acid groups (broad SMARTS) is 1. The van der Waals surface area contributed by atoms with Crippen LogP contribution in [0.3, 0.4) is 0 Å². The Morgan fingerprint density at radius 1 is 1.41 bits per heavy atom. The Hall–Kier alpha value is -2.05. The van der Waals surface area contributed by atoms with Crippen LogP contribution in [0.25, 0.3) is 10.9 Å². The van der Waals surface area contributed by atoms with Crippen LogP contribution >= 0.6 is 0 Å². The molecule has 0 amide bonds. The molecule has 2 aromatic rings. The van der Waals surface area contributed by atoms with Crippen LogP contribution in [0.4, 0.5) is 13.2 Å². The lowest BCUT2D eigenvalue weighted by molar-refractivity contribution is -0.140. The third-order valence-corrected chi connectivity index (χ3v) is 2.25. The summed E-state index contributed by atoms with van der Waals surface area (Å²) in [6.45, 7) is 0. The molecule has 90 valence electrons. The molecule has 0 spiro atoms. The molecule has 2 N–H and O–H groups in total. The number of alkyl halides is 3. The molecule has 0 saturated heterocycles. The molecule has 2 rings (SSSR count). The van der Waals surface area contributed by atoms with Gasteiger partial charge in [0.05, 0.1) is 11.9 Å². The number of nitrogens with one attached hydrogen (secondary N) is 1. The fraction of sp³-hybridized carbons (Fsp3) is 0.200. The van der Waals surface area contributed by atoms with Crippen LogP contribution in [-0.2, 0) is 17.4 Å². The number of halogens is 3. The second kappa shape index (κ2) is 3.76. The molecule has 0 radical (unpaired) electrons. The molecule has 1 heterocycles. The summed E-state index contributed by atoms with van der Waals surface area (Å²) >= 11 is 0. The van der Waals surface area contributed by atoms with Crippen molar-refractivity contribution in [3.8, 4) is 0 Å². The number of aromatic amines is 1. The molecule has 0 aliphatic heterocycles. The number of fused-ring (bicyclic) bond motifs is 1. The van der Waals surface area contributed by atoms with Crippen molar-refractivity contribution in [2.24, 2.45) is 0 Å². The fourth-order valence-electron chi connectivity index (χ4n) is 1.56. The Kier molecular flexibility index (Phi) is 2.53. The first-order chi connectivity index (χ1) is 7.88. The largest absolute Gasteiger partial charge is 0.481 e. The Labute approximate surface area is 93.1 Å². The van der Waals surface area contributed by atoms with Crippen molar-refractivity contribution in [1.82, 2.24) is 10.2 Å². The zero-order valence-electron chi connectivity index (χ0n) is 8.38. The van der Waals surface area contributed by atoms with Gasteiger partial charge in [-0.25, -0.2) is 0 Å². The van der Waals surface area contributed by atoms with Crippen molar-refractivity contribution < 1.29 is 23.1 Å². The van der Waals surface area contributed by atoms with E-state index in [4.69, 9.17) is 5.11 Å². The first-order valence-electron chi connectivity index (χ1n) is 4.64. The third kappa shape index (κ3) is 2.22. The predicted molar refractivity (Wildman–Crippen MR) is 52.4 cm³/mol. The van der Waals surface area contributed by atoms with Gasteiger partial charge >= 0.3 is 12.1 Å². The summed E-state index contributed by atoms with van der Waals surface area (Å²) < 4.78 is 37.6.